The van der Waals surface area contributed by atoms with Crippen molar-refractivity contribution in [2.24, 2.45) is 5.73 Å². The summed E-state index contributed by atoms with van der Waals surface area (Å²) < 4.78 is 11.6. The molecule has 0 fully saturated rings. The van der Waals surface area contributed by atoms with Crippen molar-refractivity contribution in [2.45, 2.75) is 45.9 Å². The van der Waals surface area contributed by atoms with Gasteiger partial charge in [0.15, 0.2) is 0 Å². The average molecular weight is 247 g/mol. The van der Waals surface area contributed by atoms with E-state index in [2.05, 4.69) is 13.8 Å². The fourth-order valence-electron chi connectivity index (χ4n) is 2.20. The molecule has 2 N–H and O–H groups in total. The monoisotopic (exact) mass is 247 g/mol. The molecule has 0 radical (unpaired) electrons. The number of nitrogens with two attached hydrogens (primary N) is 1. The summed E-state index contributed by atoms with van der Waals surface area (Å²) in [6.45, 7) is 5.24. The lowest BCUT2D eigenvalue weighted by molar-refractivity contribution is 0.0374. The smallest absolute Gasteiger partial charge is 0.135 e. The molecule has 0 saturated heterocycles. The van der Waals surface area contributed by atoms with Crippen molar-refractivity contribution in [3.8, 4) is 0 Å². The zero-order valence-electron chi connectivity index (χ0n) is 11.1. The Morgan fingerprint density at radius 2 is 2.11 bits per heavy atom. The summed E-state index contributed by atoms with van der Waals surface area (Å²) in [5, 5.41) is 1.10. The first kappa shape index (κ1) is 13.1. The second-order valence-corrected chi connectivity index (χ2v) is 4.61. The Morgan fingerprint density at radius 1 is 1.33 bits per heavy atom. The zero-order valence-corrected chi connectivity index (χ0v) is 11.1. The summed E-state index contributed by atoms with van der Waals surface area (Å²) in [6.07, 6.45) is 2.46. The minimum Gasteiger partial charge on any atom is -0.458 e. The average Bonchev–Trinajstić information content (AvgIpc) is 2.74. The minimum absolute atomic E-state index is 0.258. The summed E-state index contributed by atoms with van der Waals surface area (Å²) in [4.78, 5) is 0. The van der Waals surface area contributed by atoms with Crippen molar-refractivity contribution in [1.82, 2.24) is 0 Å². The molecule has 0 spiro atoms. The summed E-state index contributed by atoms with van der Waals surface area (Å²) in [5.74, 6) is 0.863. The van der Waals surface area contributed by atoms with E-state index in [4.69, 9.17) is 14.9 Å². The van der Waals surface area contributed by atoms with Gasteiger partial charge in [-0.25, -0.2) is 0 Å². The molecule has 1 heterocycles. The van der Waals surface area contributed by atoms with Gasteiger partial charge in [0.2, 0.25) is 0 Å². The van der Waals surface area contributed by atoms with Crippen LogP contribution in [0.2, 0.25) is 0 Å². The van der Waals surface area contributed by atoms with E-state index in [-0.39, 0.29) is 6.10 Å². The Balaban J connectivity index is 2.17. The molecule has 1 aromatic heterocycles. The van der Waals surface area contributed by atoms with Crippen LogP contribution in [0.15, 0.2) is 28.7 Å². The van der Waals surface area contributed by atoms with Gasteiger partial charge in [0, 0.05) is 17.5 Å². The van der Waals surface area contributed by atoms with E-state index in [1.165, 1.54) is 0 Å². The molecule has 2 rings (SSSR count). The van der Waals surface area contributed by atoms with Crippen LogP contribution < -0.4 is 5.73 Å². The molecule has 18 heavy (non-hydrogen) atoms. The van der Waals surface area contributed by atoms with Crippen molar-refractivity contribution >= 4 is 11.0 Å². The highest BCUT2D eigenvalue weighted by Crippen LogP contribution is 2.26. The van der Waals surface area contributed by atoms with Gasteiger partial charge in [0.1, 0.15) is 18.0 Å². The minimum atomic E-state index is 0.258. The predicted molar refractivity (Wildman–Crippen MR) is 73.3 cm³/mol. The van der Waals surface area contributed by atoms with E-state index >= 15 is 0 Å². The maximum absolute atomic E-state index is 5.81. The standard InChI is InChI=1S/C15H21NO2/c1-3-6-11(2)17-10-15-13(9-16)12-7-4-5-8-14(12)18-15/h4-5,7-8,11H,3,6,9-10,16H2,1-2H3. The Morgan fingerprint density at radius 3 is 2.83 bits per heavy atom. The van der Waals surface area contributed by atoms with Crippen molar-refractivity contribution in [3.63, 3.8) is 0 Å². The van der Waals surface area contributed by atoms with Crippen LogP contribution in [-0.4, -0.2) is 6.10 Å². The first-order valence-electron chi connectivity index (χ1n) is 6.57. The number of hydrogen-bond acceptors (Lipinski definition) is 3. The molecule has 0 saturated carbocycles. The second-order valence-electron chi connectivity index (χ2n) is 4.61. The predicted octanol–water partition coefficient (Wildman–Crippen LogP) is 3.60. The Kier molecular flexibility index (Phi) is 4.39. The van der Waals surface area contributed by atoms with Crippen LogP contribution in [0.1, 0.15) is 38.0 Å². The van der Waals surface area contributed by atoms with Gasteiger partial charge in [-0.15, -0.1) is 0 Å². The Labute approximate surface area is 108 Å². The third-order valence-corrected chi connectivity index (χ3v) is 3.18. The van der Waals surface area contributed by atoms with Gasteiger partial charge in [0.25, 0.3) is 0 Å². The van der Waals surface area contributed by atoms with Crippen LogP contribution in [0, 0.1) is 0 Å². The van der Waals surface area contributed by atoms with Crippen molar-refractivity contribution in [3.05, 3.63) is 35.6 Å². The van der Waals surface area contributed by atoms with Crippen LogP contribution in [-0.2, 0) is 17.9 Å². The van der Waals surface area contributed by atoms with Crippen LogP contribution in [0.5, 0.6) is 0 Å². The molecule has 1 unspecified atom stereocenters. The maximum atomic E-state index is 5.81. The molecular formula is C15H21NO2. The SMILES string of the molecule is CCCC(C)OCc1oc2ccccc2c1CN. The Bertz CT molecular complexity index is 504. The van der Waals surface area contributed by atoms with Gasteiger partial charge >= 0.3 is 0 Å². The lowest BCUT2D eigenvalue weighted by Gasteiger charge is -2.11. The van der Waals surface area contributed by atoms with E-state index < -0.39 is 0 Å². The highest BCUT2D eigenvalue weighted by molar-refractivity contribution is 5.82. The van der Waals surface area contributed by atoms with Crippen LogP contribution in [0.25, 0.3) is 11.0 Å². The highest BCUT2D eigenvalue weighted by atomic mass is 16.5. The first-order chi connectivity index (χ1) is 8.76. The summed E-state index contributed by atoms with van der Waals surface area (Å²) >= 11 is 0. The largest absolute Gasteiger partial charge is 0.458 e. The van der Waals surface area contributed by atoms with Gasteiger partial charge in [0.05, 0.1) is 6.10 Å². The van der Waals surface area contributed by atoms with Crippen molar-refractivity contribution in [2.75, 3.05) is 0 Å². The number of fused-ring (bicyclic) bond motifs is 1. The zero-order chi connectivity index (χ0) is 13.0. The van der Waals surface area contributed by atoms with Gasteiger partial charge in [-0.3, -0.25) is 0 Å². The van der Waals surface area contributed by atoms with E-state index in [9.17, 15) is 0 Å². The first-order valence-corrected chi connectivity index (χ1v) is 6.57. The second kappa shape index (κ2) is 6.03. The lowest BCUT2D eigenvalue weighted by atomic mass is 10.1. The van der Waals surface area contributed by atoms with Gasteiger partial charge in [-0.2, -0.15) is 0 Å². The molecule has 3 nitrogen and oxygen atoms in total. The maximum Gasteiger partial charge on any atom is 0.135 e. The number of benzene rings is 1. The molecule has 0 aliphatic rings. The van der Waals surface area contributed by atoms with Crippen LogP contribution in [0.4, 0.5) is 0 Å². The third-order valence-electron chi connectivity index (χ3n) is 3.18. The molecule has 0 aliphatic heterocycles. The summed E-state index contributed by atoms with van der Waals surface area (Å²) in [7, 11) is 0. The number of furan rings is 1. The topological polar surface area (TPSA) is 48.4 Å². The van der Waals surface area contributed by atoms with Crippen molar-refractivity contribution in [1.29, 1.82) is 0 Å². The molecule has 1 aromatic carbocycles. The van der Waals surface area contributed by atoms with Crippen molar-refractivity contribution < 1.29 is 9.15 Å². The van der Waals surface area contributed by atoms with E-state index in [0.717, 1.165) is 35.1 Å². The van der Waals surface area contributed by atoms with E-state index in [1.54, 1.807) is 0 Å². The van der Waals surface area contributed by atoms with Gasteiger partial charge in [-0.1, -0.05) is 31.5 Å². The highest BCUT2D eigenvalue weighted by Gasteiger charge is 2.13. The summed E-state index contributed by atoms with van der Waals surface area (Å²) in [5.41, 5.74) is 7.76. The normalized spacial score (nSPS) is 13.1. The molecule has 3 heteroatoms. The van der Waals surface area contributed by atoms with Crippen LogP contribution >= 0.6 is 0 Å². The molecule has 1 atom stereocenters. The number of ether oxygens (including phenoxy) is 1. The number of hydrogen-bond donors (Lipinski definition) is 1. The molecular weight excluding hydrogens is 226 g/mol. The fraction of sp³-hybridized carbons (Fsp3) is 0.467. The quantitative estimate of drug-likeness (QED) is 0.848. The third kappa shape index (κ3) is 2.74. The Hall–Kier alpha value is -1.32. The molecule has 0 bridgehead atoms. The number of para-hydroxylation sites is 1. The summed E-state index contributed by atoms with van der Waals surface area (Å²) in [6, 6.07) is 7.98. The molecule has 0 aliphatic carbocycles. The number of rotatable bonds is 6. The fourth-order valence-corrected chi connectivity index (χ4v) is 2.20. The van der Waals surface area contributed by atoms with E-state index in [0.29, 0.717) is 13.2 Å². The lowest BCUT2D eigenvalue weighted by Crippen LogP contribution is -2.08. The van der Waals surface area contributed by atoms with Crippen LogP contribution in [0.3, 0.4) is 0 Å². The molecule has 2 aromatic rings. The van der Waals surface area contributed by atoms with Gasteiger partial charge in [-0.05, 0) is 19.4 Å². The van der Waals surface area contributed by atoms with E-state index in [1.807, 2.05) is 24.3 Å². The molecule has 98 valence electrons. The molecule has 0 amide bonds. The van der Waals surface area contributed by atoms with Gasteiger partial charge < -0.3 is 14.9 Å².